The summed E-state index contributed by atoms with van der Waals surface area (Å²) >= 11 is 0. The van der Waals surface area contributed by atoms with E-state index < -0.39 is 12.1 Å². The number of unbranched alkanes of at least 4 members (excludes halogenated alkanes) is 29. The van der Waals surface area contributed by atoms with Crippen molar-refractivity contribution in [1.29, 1.82) is 0 Å². The van der Waals surface area contributed by atoms with E-state index in [-0.39, 0.29) is 18.5 Å². The number of nitrogens with one attached hydrogen (secondary N) is 1. The van der Waals surface area contributed by atoms with Crippen LogP contribution in [0.3, 0.4) is 0 Å². The molecule has 0 radical (unpaired) electrons. The zero-order valence-electron chi connectivity index (χ0n) is 39.0. The third-order valence-corrected chi connectivity index (χ3v) is 11.3. The molecule has 0 aromatic carbocycles. The molecule has 0 rings (SSSR count). The molecule has 0 aromatic rings. The van der Waals surface area contributed by atoms with Gasteiger partial charge in [0, 0.05) is 12.8 Å². The Morgan fingerprint density at radius 1 is 0.475 bits per heavy atom. The van der Waals surface area contributed by atoms with Crippen LogP contribution in [0.1, 0.15) is 251 Å². The van der Waals surface area contributed by atoms with E-state index in [0.29, 0.717) is 19.4 Å². The number of aliphatic hydroxyl groups excluding tert-OH is 2. The van der Waals surface area contributed by atoms with Crippen LogP contribution in [0.4, 0.5) is 0 Å². The minimum atomic E-state index is -0.860. The molecule has 0 aliphatic rings. The molecule has 2 unspecified atom stereocenters. The highest BCUT2D eigenvalue weighted by atomic mass is 16.5. The highest BCUT2D eigenvalue weighted by Gasteiger charge is 2.18. The minimum absolute atomic E-state index is 0.0294. The van der Waals surface area contributed by atoms with Gasteiger partial charge in [-0.2, -0.15) is 0 Å². The van der Waals surface area contributed by atoms with Crippen molar-refractivity contribution < 1.29 is 24.5 Å². The molecule has 0 heterocycles. The summed E-state index contributed by atoms with van der Waals surface area (Å²) in [7, 11) is 0. The van der Waals surface area contributed by atoms with Gasteiger partial charge in [0.15, 0.2) is 0 Å². The summed E-state index contributed by atoms with van der Waals surface area (Å²) in [5.74, 6) is -0.126. The standard InChI is InChI=1S/C53H97NO5/c1-3-5-7-9-11-13-15-16-17-18-19-20-21-22-27-31-35-39-43-47-53(58)59-48-44-40-36-32-28-24-23-26-30-34-38-42-46-52(57)54-50(49-55)51(56)45-41-37-33-29-25-14-12-10-8-6-4-2/h11,13,16-17,24,28,41,45,50-51,55-56H,3-10,12,14-15,18-23,25-27,29-40,42-44,46-49H2,1-2H3,(H,54,57)/b13-11-,17-16-,28-24-,45-41+. The zero-order valence-corrected chi connectivity index (χ0v) is 39.0. The average molecular weight is 828 g/mol. The molecule has 0 saturated heterocycles. The lowest BCUT2D eigenvalue weighted by Gasteiger charge is -2.20. The van der Waals surface area contributed by atoms with Crippen LogP contribution >= 0.6 is 0 Å². The Morgan fingerprint density at radius 3 is 1.34 bits per heavy atom. The van der Waals surface area contributed by atoms with Gasteiger partial charge >= 0.3 is 5.97 Å². The Bertz CT molecular complexity index is 1000. The Kier molecular flexibility index (Phi) is 46.7. The smallest absolute Gasteiger partial charge is 0.305 e. The second-order valence-corrected chi connectivity index (χ2v) is 17.1. The fourth-order valence-corrected chi connectivity index (χ4v) is 7.36. The maximum absolute atomic E-state index is 12.4. The van der Waals surface area contributed by atoms with Crippen LogP contribution in [-0.2, 0) is 14.3 Å². The van der Waals surface area contributed by atoms with Crippen LogP contribution in [0.25, 0.3) is 0 Å². The summed E-state index contributed by atoms with van der Waals surface area (Å²) < 4.78 is 5.45. The Labute approximate surface area is 366 Å². The zero-order chi connectivity index (χ0) is 43.0. The van der Waals surface area contributed by atoms with E-state index in [0.717, 1.165) is 89.9 Å². The predicted octanol–water partition coefficient (Wildman–Crippen LogP) is 15.1. The molecule has 0 aliphatic carbocycles. The third-order valence-electron chi connectivity index (χ3n) is 11.3. The maximum atomic E-state index is 12.4. The first-order valence-electron chi connectivity index (χ1n) is 25.4. The molecular weight excluding hydrogens is 731 g/mol. The summed E-state index contributed by atoms with van der Waals surface area (Å²) in [6.07, 6.45) is 59.7. The van der Waals surface area contributed by atoms with Crippen molar-refractivity contribution in [3.63, 3.8) is 0 Å². The molecular formula is C53H97NO5. The monoisotopic (exact) mass is 828 g/mol. The number of hydrogen-bond donors (Lipinski definition) is 3. The fraction of sp³-hybridized carbons (Fsp3) is 0.811. The lowest BCUT2D eigenvalue weighted by Crippen LogP contribution is -2.45. The Hall–Kier alpha value is -2.18. The van der Waals surface area contributed by atoms with Gasteiger partial charge in [-0.1, -0.05) is 191 Å². The van der Waals surface area contributed by atoms with Crippen molar-refractivity contribution >= 4 is 11.9 Å². The van der Waals surface area contributed by atoms with Crippen molar-refractivity contribution in [3.8, 4) is 0 Å². The van der Waals surface area contributed by atoms with Crippen LogP contribution < -0.4 is 5.32 Å². The van der Waals surface area contributed by atoms with Crippen LogP contribution in [-0.4, -0.2) is 47.4 Å². The lowest BCUT2D eigenvalue weighted by atomic mass is 10.1. The predicted molar refractivity (Wildman–Crippen MR) is 255 cm³/mol. The van der Waals surface area contributed by atoms with Gasteiger partial charge in [0.25, 0.3) is 0 Å². The summed E-state index contributed by atoms with van der Waals surface area (Å²) in [5, 5.41) is 22.9. The molecule has 6 heteroatoms. The SMILES string of the molecule is CCCCC/C=C\C/C=C\CCCCCCCCCCCC(=O)OCCCCC/C=C\CCCCCCCC(=O)NC(CO)C(O)/C=C/CCCCCCCCCCC. The first-order chi connectivity index (χ1) is 29.0. The number of carbonyl (C=O) groups is 2. The third kappa shape index (κ3) is 45.2. The van der Waals surface area contributed by atoms with E-state index >= 15 is 0 Å². The number of hydrogen-bond acceptors (Lipinski definition) is 5. The number of esters is 1. The van der Waals surface area contributed by atoms with Gasteiger partial charge in [-0.25, -0.2) is 0 Å². The highest BCUT2D eigenvalue weighted by Crippen LogP contribution is 2.14. The highest BCUT2D eigenvalue weighted by molar-refractivity contribution is 5.76. The number of amides is 1. The van der Waals surface area contributed by atoms with Crippen molar-refractivity contribution in [3.05, 3.63) is 48.6 Å². The Balaban J connectivity index is 3.52. The number of ether oxygens (including phenoxy) is 1. The van der Waals surface area contributed by atoms with Gasteiger partial charge in [-0.15, -0.1) is 0 Å². The van der Waals surface area contributed by atoms with Gasteiger partial charge in [0.05, 0.1) is 25.4 Å². The van der Waals surface area contributed by atoms with E-state index in [2.05, 4.69) is 55.6 Å². The second-order valence-electron chi connectivity index (χ2n) is 17.1. The second kappa shape index (κ2) is 48.5. The van der Waals surface area contributed by atoms with E-state index in [1.54, 1.807) is 6.08 Å². The number of aliphatic hydroxyl groups is 2. The van der Waals surface area contributed by atoms with Gasteiger partial charge in [0.2, 0.25) is 5.91 Å². The van der Waals surface area contributed by atoms with Gasteiger partial charge < -0.3 is 20.3 Å². The minimum Gasteiger partial charge on any atom is -0.466 e. The first kappa shape index (κ1) is 56.8. The normalized spacial score (nSPS) is 13.1. The van der Waals surface area contributed by atoms with Gasteiger partial charge in [0.1, 0.15) is 0 Å². The molecule has 0 bridgehead atoms. The number of allylic oxidation sites excluding steroid dienone is 7. The molecule has 2 atom stereocenters. The topological polar surface area (TPSA) is 95.9 Å². The molecule has 3 N–H and O–H groups in total. The summed E-state index contributed by atoms with van der Waals surface area (Å²) in [4.78, 5) is 24.4. The molecule has 0 spiro atoms. The van der Waals surface area contributed by atoms with Gasteiger partial charge in [-0.3, -0.25) is 9.59 Å². The molecule has 6 nitrogen and oxygen atoms in total. The summed E-state index contributed by atoms with van der Waals surface area (Å²) in [5.41, 5.74) is 0. The van der Waals surface area contributed by atoms with E-state index in [1.165, 1.54) is 135 Å². The molecule has 344 valence electrons. The summed E-state index contributed by atoms with van der Waals surface area (Å²) in [6.45, 7) is 4.79. The molecule has 0 fully saturated rings. The summed E-state index contributed by atoms with van der Waals surface area (Å²) in [6, 6.07) is -0.646. The molecule has 0 aliphatic heterocycles. The molecule has 59 heavy (non-hydrogen) atoms. The molecule has 0 aromatic heterocycles. The maximum Gasteiger partial charge on any atom is 0.305 e. The largest absolute Gasteiger partial charge is 0.466 e. The van der Waals surface area contributed by atoms with Crippen LogP contribution in [0.15, 0.2) is 48.6 Å². The van der Waals surface area contributed by atoms with Gasteiger partial charge in [-0.05, 0) is 96.3 Å². The van der Waals surface area contributed by atoms with E-state index in [4.69, 9.17) is 4.74 Å². The van der Waals surface area contributed by atoms with Crippen molar-refractivity contribution in [2.75, 3.05) is 13.2 Å². The van der Waals surface area contributed by atoms with Crippen molar-refractivity contribution in [2.24, 2.45) is 0 Å². The Morgan fingerprint density at radius 2 is 0.847 bits per heavy atom. The quantitative estimate of drug-likeness (QED) is 0.0323. The molecule has 1 amide bonds. The van der Waals surface area contributed by atoms with Crippen LogP contribution in [0.5, 0.6) is 0 Å². The van der Waals surface area contributed by atoms with E-state index in [9.17, 15) is 19.8 Å². The number of carbonyl (C=O) groups excluding carboxylic acids is 2. The van der Waals surface area contributed by atoms with Crippen LogP contribution in [0, 0.1) is 0 Å². The lowest BCUT2D eigenvalue weighted by molar-refractivity contribution is -0.143. The number of rotatable bonds is 46. The molecule has 0 saturated carbocycles. The van der Waals surface area contributed by atoms with E-state index in [1.807, 2.05) is 6.08 Å². The fourth-order valence-electron chi connectivity index (χ4n) is 7.36. The van der Waals surface area contributed by atoms with Crippen molar-refractivity contribution in [2.45, 2.75) is 264 Å². The van der Waals surface area contributed by atoms with Crippen molar-refractivity contribution in [1.82, 2.24) is 5.32 Å². The first-order valence-corrected chi connectivity index (χ1v) is 25.4. The average Bonchev–Trinajstić information content (AvgIpc) is 3.24. The van der Waals surface area contributed by atoms with Crippen LogP contribution in [0.2, 0.25) is 0 Å².